The van der Waals surface area contributed by atoms with E-state index in [9.17, 15) is 4.79 Å². The van der Waals surface area contributed by atoms with Gasteiger partial charge in [0.05, 0.1) is 0 Å². The molecular formula is C25H30N6O. The normalized spacial score (nSPS) is 24.9. The molecule has 7 heteroatoms. The Labute approximate surface area is 187 Å². The number of rotatable bonds is 5. The van der Waals surface area contributed by atoms with Gasteiger partial charge in [-0.25, -0.2) is 4.98 Å². The van der Waals surface area contributed by atoms with Gasteiger partial charge in [0, 0.05) is 61.7 Å². The Morgan fingerprint density at radius 1 is 1.03 bits per heavy atom. The number of hydrogen-bond donors (Lipinski definition) is 2. The third-order valence-corrected chi connectivity index (χ3v) is 7.63. The molecule has 2 N–H and O–H groups in total. The van der Waals surface area contributed by atoms with E-state index in [0.29, 0.717) is 11.9 Å². The molecule has 3 atom stereocenters. The summed E-state index contributed by atoms with van der Waals surface area (Å²) in [6.45, 7) is 4.87. The van der Waals surface area contributed by atoms with Crippen LogP contribution in [0.3, 0.4) is 0 Å². The van der Waals surface area contributed by atoms with Crippen molar-refractivity contribution in [3.8, 4) is 0 Å². The van der Waals surface area contributed by atoms with E-state index in [1.165, 1.54) is 31.4 Å². The molecule has 7 nitrogen and oxygen atoms in total. The second-order valence-electron chi connectivity index (χ2n) is 9.60. The van der Waals surface area contributed by atoms with Crippen molar-refractivity contribution in [3.05, 3.63) is 52.9 Å². The number of piperazine rings is 1. The highest BCUT2D eigenvalue weighted by atomic mass is 16.1. The highest BCUT2D eigenvalue weighted by Crippen LogP contribution is 2.48. The lowest BCUT2D eigenvalue weighted by Gasteiger charge is -2.29. The first kappa shape index (κ1) is 19.7. The van der Waals surface area contributed by atoms with E-state index in [0.717, 1.165) is 61.3 Å². The van der Waals surface area contributed by atoms with Crippen molar-refractivity contribution in [2.75, 3.05) is 36.4 Å². The van der Waals surface area contributed by atoms with E-state index in [4.69, 9.17) is 4.98 Å². The molecule has 2 aromatic heterocycles. The van der Waals surface area contributed by atoms with Crippen LogP contribution in [0.4, 0.5) is 17.3 Å². The molecule has 32 heavy (non-hydrogen) atoms. The maximum absolute atomic E-state index is 12.8. The van der Waals surface area contributed by atoms with Crippen LogP contribution in [-0.4, -0.2) is 40.7 Å². The number of anilines is 3. The average Bonchev–Trinajstić information content (AvgIpc) is 3.46. The zero-order chi connectivity index (χ0) is 21.5. The van der Waals surface area contributed by atoms with E-state index in [1.807, 2.05) is 16.8 Å². The Morgan fingerprint density at radius 2 is 1.88 bits per heavy atom. The molecule has 3 aromatic rings. The Hall–Kier alpha value is -2.93. The van der Waals surface area contributed by atoms with E-state index in [1.54, 1.807) is 6.07 Å². The van der Waals surface area contributed by atoms with Crippen LogP contribution in [0.15, 0.2) is 47.4 Å². The maximum atomic E-state index is 12.8. The van der Waals surface area contributed by atoms with E-state index < -0.39 is 0 Å². The molecule has 166 valence electrons. The summed E-state index contributed by atoms with van der Waals surface area (Å²) < 4.78 is 1.88. The smallest absolute Gasteiger partial charge is 0.252 e. The van der Waals surface area contributed by atoms with Crippen molar-refractivity contribution in [1.29, 1.82) is 0 Å². The molecule has 0 amide bonds. The molecule has 3 fully saturated rings. The molecular weight excluding hydrogens is 400 g/mol. The number of pyridine rings is 1. The lowest BCUT2D eigenvalue weighted by Crippen LogP contribution is -2.43. The van der Waals surface area contributed by atoms with Gasteiger partial charge in [-0.1, -0.05) is 6.42 Å². The van der Waals surface area contributed by atoms with Crippen LogP contribution in [0.25, 0.3) is 11.0 Å². The summed E-state index contributed by atoms with van der Waals surface area (Å²) >= 11 is 0. The number of aromatic nitrogens is 3. The van der Waals surface area contributed by atoms with Crippen molar-refractivity contribution in [2.45, 2.75) is 32.2 Å². The van der Waals surface area contributed by atoms with Gasteiger partial charge in [-0.2, -0.15) is 4.98 Å². The monoisotopic (exact) mass is 430 g/mol. The lowest BCUT2D eigenvalue weighted by atomic mass is 9.89. The van der Waals surface area contributed by atoms with E-state index in [-0.39, 0.29) is 5.56 Å². The highest BCUT2D eigenvalue weighted by molar-refractivity contribution is 5.75. The summed E-state index contributed by atoms with van der Waals surface area (Å²) in [7, 11) is 0. The summed E-state index contributed by atoms with van der Waals surface area (Å²) in [4.78, 5) is 24.4. The van der Waals surface area contributed by atoms with E-state index >= 15 is 0 Å². The highest BCUT2D eigenvalue weighted by Gasteiger charge is 2.39. The van der Waals surface area contributed by atoms with Crippen molar-refractivity contribution in [1.82, 2.24) is 19.9 Å². The average molecular weight is 431 g/mol. The van der Waals surface area contributed by atoms with Crippen molar-refractivity contribution in [2.24, 2.45) is 17.8 Å². The second kappa shape index (κ2) is 8.20. The Bertz CT molecular complexity index is 1170. The Balaban J connectivity index is 1.24. The fourth-order valence-corrected chi connectivity index (χ4v) is 5.95. The molecule has 2 aliphatic carbocycles. The molecule has 0 radical (unpaired) electrons. The van der Waals surface area contributed by atoms with Gasteiger partial charge in [-0.3, -0.25) is 9.36 Å². The first-order chi connectivity index (χ1) is 15.7. The van der Waals surface area contributed by atoms with Gasteiger partial charge in [0.25, 0.3) is 5.56 Å². The number of hydrogen-bond acceptors (Lipinski definition) is 6. The molecule has 6 rings (SSSR count). The van der Waals surface area contributed by atoms with E-state index in [2.05, 4.69) is 44.8 Å². The largest absolute Gasteiger partial charge is 0.369 e. The molecule has 3 unspecified atom stereocenters. The first-order valence-electron chi connectivity index (χ1n) is 11.9. The first-order valence-corrected chi connectivity index (χ1v) is 11.9. The maximum Gasteiger partial charge on any atom is 0.252 e. The third kappa shape index (κ3) is 3.75. The number of benzene rings is 1. The number of nitrogens with zero attached hydrogens (tertiary/aromatic N) is 4. The SMILES string of the molecule is O=c1ccc2cnc(Nc3ccc(N4CCNCC4)cc3)nc2n1CC1CC2CCC1C2. The topological polar surface area (TPSA) is 75.1 Å². The van der Waals surface area contributed by atoms with Crippen LogP contribution >= 0.6 is 0 Å². The molecule has 2 bridgehead atoms. The number of nitrogens with one attached hydrogen (secondary N) is 2. The van der Waals surface area contributed by atoms with Crippen LogP contribution in [0.2, 0.25) is 0 Å². The molecule has 1 aliphatic heterocycles. The van der Waals surface area contributed by atoms with Crippen molar-refractivity contribution in [3.63, 3.8) is 0 Å². The van der Waals surface area contributed by atoms with Gasteiger partial charge in [-0.15, -0.1) is 0 Å². The molecule has 1 saturated heterocycles. The van der Waals surface area contributed by atoms with Gasteiger partial charge in [0.15, 0.2) is 0 Å². The van der Waals surface area contributed by atoms with Gasteiger partial charge in [0.1, 0.15) is 5.65 Å². The molecule has 3 aliphatic rings. The fourth-order valence-electron chi connectivity index (χ4n) is 5.95. The second-order valence-corrected chi connectivity index (χ2v) is 9.60. The molecule has 2 saturated carbocycles. The van der Waals surface area contributed by atoms with Crippen LogP contribution < -0.4 is 21.1 Å². The van der Waals surface area contributed by atoms with Gasteiger partial charge >= 0.3 is 0 Å². The standard InChI is InChI=1S/C25H30N6O/c32-23-8-3-19-15-27-25(28-21-4-6-22(7-5-21)30-11-9-26-10-12-30)29-24(19)31(23)16-20-14-17-1-2-18(20)13-17/h3-8,15,17-18,20,26H,1-2,9-14,16H2,(H,27,28,29). The van der Waals surface area contributed by atoms with Gasteiger partial charge in [-0.05, 0) is 67.3 Å². The summed E-state index contributed by atoms with van der Waals surface area (Å²) in [5, 5.41) is 7.62. The van der Waals surface area contributed by atoms with Crippen molar-refractivity contribution >= 4 is 28.4 Å². The van der Waals surface area contributed by atoms with Crippen LogP contribution in [0, 0.1) is 17.8 Å². The molecule has 1 aromatic carbocycles. The Kier molecular flexibility index (Phi) is 5.06. The zero-order valence-electron chi connectivity index (χ0n) is 18.3. The molecule has 3 heterocycles. The van der Waals surface area contributed by atoms with Crippen LogP contribution in [0.5, 0.6) is 0 Å². The zero-order valence-corrected chi connectivity index (χ0v) is 18.3. The minimum atomic E-state index is 0.0327. The lowest BCUT2D eigenvalue weighted by molar-refractivity contribution is 0.295. The quantitative estimate of drug-likeness (QED) is 0.646. The van der Waals surface area contributed by atoms with Crippen LogP contribution in [-0.2, 0) is 6.54 Å². The summed E-state index contributed by atoms with van der Waals surface area (Å²) in [5.41, 5.74) is 2.94. The third-order valence-electron chi connectivity index (χ3n) is 7.63. The summed E-state index contributed by atoms with van der Waals surface area (Å²) in [5.74, 6) is 2.77. The summed E-state index contributed by atoms with van der Waals surface area (Å²) in [6, 6.07) is 11.9. The summed E-state index contributed by atoms with van der Waals surface area (Å²) in [6.07, 6.45) is 7.10. The predicted molar refractivity (Wildman–Crippen MR) is 128 cm³/mol. The van der Waals surface area contributed by atoms with Gasteiger partial charge < -0.3 is 15.5 Å². The van der Waals surface area contributed by atoms with Crippen LogP contribution in [0.1, 0.15) is 25.7 Å². The van der Waals surface area contributed by atoms with Crippen molar-refractivity contribution < 1.29 is 0 Å². The molecule has 0 spiro atoms. The predicted octanol–water partition coefficient (Wildman–Crippen LogP) is 3.38. The fraction of sp³-hybridized carbons (Fsp3) is 0.480. The minimum Gasteiger partial charge on any atom is -0.369 e. The number of fused-ring (bicyclic) bond motifs is 3. The Morgan fingerprint density at radius 3 is 2.62 bits per heavy atom. The minimum absolute atomic E-state index is 0.0327. The van der Waals surface area contributed by atoms with Gasteiger partial charge in [0.2, 0.25) is 5.95 Å².